The molecule has 0 aliphatic carbocycles. The summed E-state index contributed by atoms with van der Waals surface area (Å²) >= 11 is 3.48. The zero-order valence-electron chi connectivity index (χ0n) is 7.29. The Balaban J connectivity index is 2.68. The Kier molecular flexibility index (Phi) is 2.38. The zero-order valence-corrected chi connectivity index (χ0v) is 8.88. The number of nitriles is 1. The summed E-state index contributed by atoms with van der Waals surface area (Å²) in [6, 6.07) is 7.94. The minimum Gasteiger partial charge on any atom is -0.361 e. The van der Waals surface area contributed by atoms with Crippen LogP contribution in [-0.2, 0) is 0 Å². The molecule has 2 aromatic rings. The van der Waals surface area contributed by atoms with Crippen LogP contribution in [0.1, 0.15) is 5.56 Å². The maximum absolute atomic E-state index is 8.45. The second-order valence-corrected chi connectivity index (χ2v) is 3.72. The summed E-state index contributed by atoms with van der Waals surface area (Å²) in [5.41, 5.74) is 2.09. The lowest BCUT2D eigenvalue weighted by molar-refractivity contribution is 1.47. The van der Waals surface area contributed by atoms with Gasteiger partial charge in [-0.1, -0.05) is 22.0 Å². The van der Waals surface area contributed by atoms with Crippen LogP contribution in [-0.4, -0.2) is 4.98 Å². The van der Waals surface area contributed by atoms with E-state index in [9.17, 15) is 0 Å². The van der Waals surface area contributed by atoms with E-state index < -0.39 is 0 Å². The molecule has 0 aliphatic heterocycles. The summed E-state index contributed by atoms with van der Waals surface area (Å²) in [4.78, 5) is 3.15. The summed E-state index contributed by atoms with van der Waals surface area (Å²) in [5, 5.41) is 9.56. The van der Waals surface area contributed by atoms with E-state index in [2.05, 4.69) is 20.9 Å². The van der Waals surface area contributed by atoms with Gasteiger partial charge in [0.1, 0.15) is 0 Å². The standard InChI is InChI=1S/C11H7BrN2/c12-9-4-1-5-10-11(9)8(7-14-10)3-2-6-13/h1-5,7,14H. The molecule has 2 nitrogen and oxygen atoms in total. The van der Waals surface area contributed by atoms with Crippen molar-refractivity contribution in [1.82, 2.24) is 4.98 Å². The highest BCUT2D eigenvalue weighted by Crippen LogP contribution is 2.27. The molecule has 3 heteroatoms. The van der Waals surface area contributed by atoms with Crippen LogP contribution in [0, 0.1) is 11.3 Å². The van der Waals surface area contributed by atoms with Crippen molar-refractivity contribution in [2.45, 2.75) is 0 Å². The first-order valence-electron chi connectivity index (χ1n) is 4.14. The highest BCUT2D eigenvalue weighted by molar-refractivity contribution is 9.10. The van der Waals surface area contributed by atoms with Gasteiger partial charge in [-0.2, -0.15) is 5.26 Å². The number of benzene rings is 1. The van der Waals surface area contributed by atoms with E-state index in [4.69, 9.17) is 5.26 Å². The Morgan fingerprint density at radius 1 is 1.43 bits per heavy atom. The van der Waals surface area contributed by atoms with Crippen molar-refractivity contribution in [2.24, 2.45) is 0 Å². The van der Waals surface area contributed by atoms with Gasteiger partial charge in [0, 0.05) is 33.2 Å². The molecule has 1 aromatic carbocycles. The fourth-order valence-corrected chi connectivity index (χ4v) is 2.02. The van der Waals surface area contributed by atoms with Gasteiger partial charge in [0.2, 0.25) is 0 Å². The average molecular weight is 247 g/mol. The van der Waals surface area contributed by atoms with Crippen LogP contribution in [0.15, 0.2) is 34.9 Å². The van der Waals surface area contributed by atoms with Gasteiger partial charge in [0.05, 0.1) is 6.07 Å². The lowest BCUT2D eigenvalue weighted by Gasteiger charge is -1.94. The number of hydrogen-bond acceptors (Lipinski definition) is 1. The Bertz CT molecular complexity index is 532. The third-order valence-electron chi connectivity index (χ3n) is 2.02. The largest absolute Gasteiger partial charge is 0.361 e. The number of aromatic amines is 1. The Morgan fingerprint density at radius 2 is 2.29 bits per heavy atom. The van der Waals surface area contributed by atoms with Gasteiger partial charge >= 0.3 is 0 Å². The fraction of sp³-hybridized carbons (Fsp3) is 0. The lowest BCUT2D eigenvalue weighted by Crippen LogP contribution is -1.71. The minimum absolute atomic E-state index is 1.02. The van der Waals surface area contributed by atoms with E-state index in [1.54, 1.807) is 6.08 Å². The number of fused-ring (bicyclic) bond motifs is 1. The third kappa shape index (κ3) is 1.45. The molecule has 0 spiro atoms. The highest BCUT2D eigenvalue weighted by atomic mass is 79.9. The molecule has 0 atom stereocenters. The highest BCUT2D eigenvalue weighted by Gasteiger charge is 2.03. The van der Waals surface area contributed by atoms with Crippen LogP contribution in [0.2, 0.25) is 0 Å². The molecule has 1 heterocycles. The fourth-order valence-electron chi connectivity index (χ4n) is 1.42. The maximum Gasteiger partial charge on any atom is 0.0912 e. The molecule has 0 amide bonds. The van der Waals surface area contributed by atoms with Crippen molar-refractivity contribution >= 4 is 32.9 Å². The molecule has 2 rings (SSSR count). The van der Waals surface area contributed by atoms with Gasteiger partial charge in [-0.05, 0) is 18.2 Å². The Hall–Kier alpha value is -1.53. The number of hydrogen-bond donors (Lipinski definition) is 1. The van der Waals surface area contributed by atoms with Crippen LogP contribution >= 0.6 is 15.9 Å². The minimum atomic E-state index is 1.02. The van der Waals surface area contributed by atoms with Crippen molar-refractivity contribution in [1.29, 1.82) is 5.26 Å². The van der Waals surface area contributed by atoms with Gasteiger partial charge < -0.3 is 4.98 Å². The summed E-state index contributed by atoms with van der Waals surface area (Å²) in [5.74, 6) is 0. The first-order valence-corrected chi connectivity index (χ1v) is 4.94. The predicted octanol–water partition coefficient (Wildman–Crippen LogP) is 3.47. The molecule has 0 fully saturated rings. The molecule has 0 saturated heterocycles. The Labute approximate surface area is 90.0 Å². The van der Waals surface area contributed by atoms with Crippen LogP contribution in [0.4, 0.5) is 0 Å². The van der Waals surface area contributed by atoms with E-state index >= 15 is 0 Å². The molecule has 0 unspecified atom stereocenters. The van der Waals surface area contributed by atoms with E-state index in [0.29, 0.717) is 0 Å². The smallest absolute Gasteiger partial charge is 0.0912 e. The number of halogens is 1. The van der Waals surface area contributed by atoms with Crippen molar-refractivity contribution in [3.63, 3.8) is 0 Å². The van der Waals surface area contributed by atoms with Crippen LogP contribution < -0.4 is 0 Å². The van der Waals surface area contributed by atoms with Crippen LogP contribution in [0.5, 0.6) is 0 Å². The zero-order chi connectivity index (χ0) is 9.97. The van der Waals surface area contributed by atoms with E-state index in [-0.39, 0.29) is 0 Å². The van der Waals surface area contributed by atoms with E-state index in [0.717, 1.165) is 20.9 Å². The van der Waals surface area contributed by atoms with Gasteiger partial charge in [0.25, 0.3) is 0 Å². The monoisotopic (exact) mass is 246 g/mol. The molecule has 0 bridgehead atoms. The molecule has 0 radical (unpaired) electrons. The van der Waals surface area contributed by atoms with Gasteiger partial charge in [-0.25, -0.2) is 0 Å². The molecular weight excluding hydrogens is 240 g/mol. The summed E-state index contributed by atoms with van der Waals surface area (Å²) in [7, 11) is 0. The normalized spacial score (nSPS) is 10.9. The topological polar surface area (TPSA) is 39.6 Å². The molecule has 14 heavy (non-hydrogen) atoms. The molecular formula is C11H7BrN2. The average Bonchev–Trinajstić information content (AvgIpc) is 2.59. The number of H-pyrrole nitrogens is 1. The number of allylic oxidation sites excluding steroid dienone is 1. The second-order valence-electron chi connectivity index (χ2n) is 2.87. The summed E-state index contributed by atoms with van der Waals surface area (Å²) < 4.78 is 1.04. The molecule has 1 aromatic heterocycles. The van der Waals surface area contributed by atoms with Crippen molar-refractivity contribution in [3.8, 4) is 6.07 Å². The van der Waals surface area contributed by atoms with Gasteiger partial charge in [0.15, 0.2) is 0 Å². The van der Waals surface area contributed by atoms with E-state index in [1.807, 2.05) is 30.5 Å². The van der Waals surface area contributed by atoms with E-state index in [1.165, 1.54) is 6.08 Å². The number of nitrogens with zero attached hydrogens (tertiary/aromatic N) is 1. The SMILES string of the molecule is N#CC=Cc1c[nH]c2cccc(Br)c12. The molecule has 0 aliphatic rings. The van der Waals surface area contributed by atoms with Crippen molar-refractivity contribution in [2.75, 3.05) is 0 Å². The van der Waals surface area contributed by atoms with Crippen LogP contribution in [0.3, 0.4) is 0 Å². The van der Waals surface area contributed by atoms with Crippen molar-refractivity contribution < 1.29 is 0 Å². The van der Waals surface area contributed by atoms with Gasteiger partial charge in [-0.3, -0.25) is 0 Å². The number of aromatic nitrogens is 1. The first-order chi connectivity index (χ1) is 6.83. The molecule has 68 valence electrons. The number of nitrogens with one attached hydrogen (secondary N) is 1. The second kappa shape index (κ2) is 3.69. The predicted molar refractivity (Wildman–Crippen MR) is 60.6 cm³/mol. The lowest BCUT2D eigenvalue weighted by atomic mass is 10.1. The quantitative estimate of drug-likeness (QED) is 0.770. The third-order valence-corrected chi connectivity index (χ3v) is 2.68. The Morgan fingerprint density at radius 3 is 3.07 bits per heavy atom. The maximum atomic E-state index is 8.45. The number of rotatable bonds is 1. The summed E-state index contributed by atoms with van der Waals surface area (Å²) in [6.07, 6.45) is 5.16. The summed E-state index contributed by atoms with van der Waals surface area (Å²) in [6.45, 7) is 0. The van der Waals surface area contributed by atoms with Crippen molar-refractivity contribution in [3.05, 3.63) is 40.5 Å². The first kappa shape index (κ1) is 9.04. The van der Waals surface area contributed by atoms with Crippen LogP contribution in [0.25, 0.3) is 17.0 Å². The molecule has 0 saturated carbocycles. The van der Waals surface area contributed by atoms with Gasteiger partial charge in [-0.15, -0.1) is 0 Å². The molecule has 1 N–H and O–H groups in total.